The first-order valence-electron chi connectivity index (χ1n) is 21.5. The lowest BCUT2D eigenvalue weighted by atomic mass is 9.97. The minimum atomic E-state index is 0.786. The zero-order chi connectivity index (χ0) is 40.9. The van der Waals surface area contributed by atoms with Crippen LogP contribution >= 0.6 is 0 Å². The van der Waals surface area contributed by atoms with E-state index >= 15 is 0 Å². The lowest BCUT2D eigenvalue weighted by Crippen LogP contribution is -2.04. The van der Waals surface area contributed by atoms with Gasteiger partial charge in [-0.25, -0.2) is 9.97 Å². The van der Waals surface area contributed by atoms with Crippen molar-refractivity contribution in [2.24, 2.45) is 0 Å². The molecule has 0 bridgehead atoms. The van der Waals surface area contributed by atoms with Crippen LogP contribution in [0.5, 0.6) is 0 Å². The van der Waals surface area contributed by atoms with Crippen molar-refractivity contribution in [1.29, 1.82) is 0 Å². The molecule has 0 saturated heterocycles. The molecule has 15 aromatic rings. The number of rotatable bonds is 4. The monoisotopic (exact) mass is 800 g/mol. The number of para-hydroxylation sites is 1. The fraction of sp³-hybridized carbons (Fsp3) is 0. The Morgan fingerprint density at radius 3 is 1.67 bits per heavy atom. The molecule has 0 aliphatic carbocycles. The number of fused-ring (bicyclic) bond motifs is 10. The van der Waals surface area contributed by atoms with E-state index in [9.17, 15) is 0 Å². The highest BCUT2D eigenvalue weighted by atomic mass is 16.3. The fourth-order valence-electron chi connectivity index (χ4n) is 10.9. The van der Waals surface area contributed by atoms with E-state index < -0.39 is 0 Å². The lowest BCUT2D eigenvalue weighted by molar-refractivity contribution is 0.669. The number of nitrogens with zero attached hydrogens (tertiary/aromatic N) is 4. The van der Waals surface area contributed by atoms with E-state index in [1.807, 2.05) is 0 Å². The van der Waals surface area contributed by atoms with E-state index in [1.165, 1.54) is 49.1 Å². The molecule has 10 aromatic carbocycles. The Morgan fingerprint density at radius 2 is 0.889 bits per heavy atom. The van der Waals surface area contributed by atoms with Crippen LogP contribution in [0.3, 0.4) is 0 Å². The van der Waals surface area contributed by atoms with Crippen LogP contribution in [0.25, 0.3) is 143 Å². The van der Waals surface area contributed by atoms with Crippen molar-refractivity contribution in [3.63, 3.8) is 0 Å². The molecule has 0 atom stereocenters. The van der Waals surface area contributed by atoms with Gasteiger partial charge in [0.15, 0.2) is 5.82 Å². The molecule has 290 valence electrons. The molecule has 5 aromatic heterocycles. The van der Waals surface area contributed by atoms with Gasteiger partial charge >= 0.3 is 0 Å². The minimum absolute atomic E-state index is 0.786. The number of hydrogen-bond donors (Lipinski definition) is 0. The molecule has 0 amide bonds. The first kappa shape index (κ1) is 33.2. The molecule has 0 N–H and O–H groups in total. The van der Waals surface area contributed by atoms with Crippen molar-refractivity contribution in [1.82, 2.24) is 18.9 Å². The average molecular weight is 801 g/mol. The molecule has 0 aliphatic rings. The molecule has 5 heterocycles. The summed E-state index contributed by atoms with van der Waals surface area (Å²) in [5.41, 5.74) is 15.7. The third kappa shape index (κ3) is 4.35. The van der Waals surface area contributed by atoms with E-state index in [0.29, 0.717) is 0 Å². The molecule has 15 rings (SSSR count). The Kier molecular flexibility index (Phi) is 6.36. The second-order valence-corrected chi connectivity index (χ2v) is 16.8. The summed E-state index contributed by atoms with van der Waals surface area (Å²) in [5, 5.41) is 11.6. The predicted molar refractivity (Wildman–Crippen MR) is 261 cm³/mol. The summed E-state index contributed by atoms with van der Waals surface area (Å²) >= 11 is 0. The number of aromatic nitrogens is 4. The molecule has 0 saturated carbocycles. The van der Waals surface area contributed by atoms with Gasteiger partial charge in [0.05, 0.1) is 44.0 Å². The van der Waals surface area contributed by atoms with Crippen molar-refractivity contribution >= 4 is 104 Å². The third-order valence-corrected chi connectivity index (χ3v) is 13.6. The molecule has 5 heteroatoms. The van der Waals surface area contributed by atoms with Crippen LogP contribution in [-0.4, -0.2) is 18.9 Å². The lowest BCUT2D eigenvalue weighted by Gasteiger charge is -2.17. The molecular formula is C58H32N4O. The molecule has 0 fully saturated rings. The maximum absolute atomic E-state index is 6.72. The van der Waals surface area contributed by atoms with Crippen molar-refractivity contribution in [2.45, 2.75) is 0 Å². The van der Waals surface area contributed by atoms with Crippen LogP contribution < -0.4 is 0 Å². The van der Waals surface area contributed by atoms with Gasteiger partial charge in [0.1, 0.15) is 16.9 Å². The Hall–Kier alpha value is -8.54. The van der Waals surface area contributed by atoms with Crippen LogP contribution in [0.2, 0.25) is 0 Å². The van der Waals surface area contributed by atoms with Gasteiger partial charge in [-0.15, -0.1) is 0 Å². The first-order valence-corrected chi connectivity index (χ1v) is 21.5. The highest BCUT2D eigenvalue weighted by molar-refractivity contribution is 6.37. The molecule has 63 heavy (non-hydrogen) atoms. The Labute approximate surface area is 359 Å². The second-order valence-electron chi connectivity index (χ2n) is 16.8. The largest absolute Gasteiger partial charge is 0.456 e. The van der Waals surface area contributed by atoms with Gasteiger partial charge in [-0.05, 0) is 81.6 Å². The summed E-state index contributed by atoms with van der Waals surface area (Å²) in [4.78, 5) is 11.6. The third-order valence-electron chi connectivity index (χ3n) is 13.6. The summed E-state index contributed by atoms with van der Waals surface area (Å²) in [6, 6.07) is 69.7. The van der Waals surface area contributed by atoms with Gasteiger partial charge in [-0.2, -0.15) is 0 Å². The van der Waals surface area contributed by atoms with E-state index in [1.54, 1.807) is 0 Å². The Balaban J connectivity index is 1.07. The topological polar surface area (TPSA) is 48.3 Å². The van der Waals surface area contributed by atoms with Crippen molar-refractivity contribution in [3.8, 4) is 39.3 Å². The molecule has 0 aliphatic heterocycles. The quantitative estimate of drug-likeness (QED) is 0.167. The van der Waals surface area contributed by atoms with Gasteiger partial charge in [-0.3, -0.25) is 4.57 Å². The van der Waals surface area contributed by atoms with Crippen LogP contribution in [-0.2, 0) is 0 Å². The van der Waals surface area contributed by atoms with Crippen LogP contribution in [0, 0.1) is 0 Å². The normalized spacial score (nSPS) is 12.4. The highest BCUT2D eigenvalue weighted by Gasteiger charge is 2.28. The van der Waals surface area contributed by atoms with E-state index in [4.69, 9.17) is 14.4 Å². The predicted octanol–water partition coefficient (Wildman–Crippen LogP) is 15.4. The molecular weight excluding hydrogens is 769 g/mol. The van der Waals surface area contributed by atoms with Gasteiger partial charge in [0.25, 0.3) is 0 Å². The average Bonchev–Trinajstić information content (AvgIpc) is 3.98. The van der Waals surface area contributed by atoms with Crippen molar-refractivity contribution in [2.75, 3.05) is 0 Å². The summed E-state index contributed by atoms with van der Waals surface area (Å²) in [6.45, 7) is 0. The number of hydrogen-bond acceptors (Lipinski definition) is 3. The number of benzene rings is 10. The van der Waals surface area contributed by atoms with E-state index in [-0.39, 0.29) is 0 Å². The maximum Gasteiger partial charge on any atom is 0.165 e. The highest BCUT2D eigenvalue weighted by Crippen LogP contribution is 2.49. The van der Waals surface area contributed by atoms with Crippen LogP contribution in [0.4, 0.5) is 0 Å². The summed E-state index contributed by atoms with van der Waals surface area (Å²) < 4.78 is 11.6. The minimum Gasteiger partial charge on any atom is -0.456 e. The summed E-state index contributed by atoms with van der Waals surface area (Å²) in [5.74, 6) is 0.786. The molecule has 0 radical (unpaired) electrons. The van der Waals surface area contributed by atoms with Crippen LogP contribution in [0.1, 0.15) is 0 Å². The SMILES string of the molecule is c1ccc(-c2cccc(-c3ccc(-c4nc5c6ccccc6c6ccccc6c5nc4-n4c5ccc6oc7ccc8c9ccccc9n9c%10cccc4c%10c5c6c7c89)cc3)c2)cc1. The zero-order valence-electron chi connectivity index (χ0n) is 33.7. The smallest absolute Gasteiger partial charge is 0.165 e. The van der Waals surface area contributed by atoms with Crippen molar-refractivity contribution < 1.29 is 4.42 Å². The molecule has 0 unspecified atom stereocenters. The summed E-state index contributed by atoms with van der Waals surface area (Å²) in [6.07, 6.45) is 0. The molecule has 0 spiro atoms. The summed E-state index contributed by atoms with van der Waals surface area (Å²) in [7, 11) is 0. The van der Waals surface area contributed by atoms with Crippen molar-refractivity contribution in [3.05, 3.63) is 194 Å². The molecule has 5 nitrogen and oxygen atoms in total. The Bertz CT molecular complexity index is 4360. The van der Waals surface area contributed by atoms with Gasteiger partial charge in [-0.1, -0.05) is 146 Å². The van der Waals surface area contributed by atoms with Gasteiger partial charge < -0.3 is 8.82 Å². The maximum atomic E-state index is 6.72. The van der Waals surface area contributed by atoms with E-state index in [0.717, 1.165) is 93.9 Å². The fourth-order valence-corrected chi connectivity index (χ4v) is 10.9. The second kappa shape index (κ2) is 12.1. The number of furan rings is 1. The zero-order valence-corrected chi connectivity index (χ0v) is 33.7. The van der Waals surface area contributed by atoms with E-state index in [2.05, 4.69) is 203 Å². The van der Waals surface area contributed by atoms with Crippen LogP contribution in [0.15, 0.2) is 199 Å². The standard InChI is InChI=1S/C58H32N4O/c1-2-12-33(13-3-1)36-14-10-15-37(32-36)34-24-26-35(27-25-34)54-58(60-56-42-20-7-5-17-39(42)38-16-4-6-19-41(38)55(56)59-54)62-46-23-11-22-45-50(46)51-47(62)29-31-48-52(51)53-49(63-48)30-28-43-40-18-8-9-21-44(40)61(45)57(43)53/h1-32H. The first-order chi connectivity index (χ1) is 31.3. The van der Waals surface area contributed by atoms with Gasteiger partial charge in [0.2, 0.25) is 0 Å². The Morgan fingerprint density at radius 1 is 0.333 bits per heavy atom. The van der Waals surface area contributed by atoms with Gasteiger partial charge in [0, 0.05) is 43.3 Å².